The summed E-state index contributed by atoms with van der Waals surface area (Å²) < 4.78 is 68.9. The molecule has 1 saturated heterocycles. The Hall–Kier alpha value is -4.39. The molecule has 2 unspecified atom stereocenters. The third-order valence-corrected chi connectivity index (χ3v) is 6.57. The fraction of sp³-hybridized carbons (Fsp3) is 0.296. The molecule has 40 heavy (non-hydrogen) atoms. The molecular formula is C27H27F4N5O4. The molecule has 2 heterocycles. The molecule has 1 aliphatic heterocycles. The zero-order valence-electron chi connectivity index (χ0n) is 21.8. The van der Waals surface area contributed by atoms with Crippen LogP contribution in [0.15, 0.2) is 60.2 Å². The van der Waals surface area contributed by atoms with Crippen LogP contribution in [-0.4, -0.2) is 52.1 Å². The molecule has 9 nitrogen and oxygen atoms in total. The average Bonchev–Trinajstić information content (AvgIpc) is 3.27. The Morgan fingerprint density at radius 3 is 2.62 bits per heavy atom. The lowest BCUT2D eigenvalue weighted by Crippen LogP contribution is -2.68. The number of carbonyl (C=O) groups is 1. The summed E-state index contributed by atoms with van der Waals surface area (Å²) in [5.74, 6) is -1.33. The van der Waals surface area contributed by atoms with E-state index in [2.05, 4.69) is 22.0 Å². The van der Waals surface area contributed by atoms with E-state index in [1.165, 1.54) is 56.1 Å². The second-order valence-electron chi connectivity index (χ2n) is 9.58. The Balaban J connectivity index is 1.61. The number of nitrogens with one attached hydrogen (secondary N) is 1. The number of ether oxygens (including phenoxy) is 2. The number of carboxylic acid groups (broad SMARTS) is 1. The minimum absolute atomic E-state index is 0.00173. The summed E-state index contributed by atoms with van der Waals surface area (Å²) in [6.07, 6.45) is -3.97. The number of rotatable bonds is 9. The van der Waals surface area contributed by atoms with Gasteiger partial charge in [-0.05, 0) is 50.2 Å². The van der Waals surface area contributed by atoms with Crippen molar-refractivity contribution in [2.45, 2.75) is 37.6 Å². The second kappa shape index (κ2) is 10.3. The van der Waals surface area contributed by atoms with Crippen molar-refractivity contribution in [3.05, 3.63) is 77.7 Å². The van der Waals surface area contributed by atoms with E-state index in [0.717, 1.165) is 12.1 Å². The zero-order valence-corrected chi connectivity index (χ0v) is 21.8. The highest BCUT2D eigenvalue weighted by molar-refractivity contribution is 5.88. The summed E-state index contributed by atoms with van der Waals surface area (Å²) in [5.41, 5.74) is 2.50. The molecule has 0 saturated carbocycles. The highest BCUT2D eigenvalue weighted by Gasteiger charge is 2.68. The largest absolute Gasteiger partial charge is 0.496 e. The van der Waals surface area contributed by atoms with E-state index < -0.39 is 42.1 Å². The number of aromatic nitrogens is 2. The number of hydrogen-bond acceptors (Lipinski definition) is 6. The van der Waals surface area contributed by atoms with E-state index >= 15 is 0 Å². The molecule has 0 amide bonds. The fourth-order valence-electron chi connectivity index (χ4n) is 4.70. The number of alkyl halides is 3. The van der Waals surface area contributed by atoms with Crippen LogP contribution in [0.25, 0.3) is 11.4 Å². The van der Waals surface area contributed by atoms with Gasteiger partial charge in [0.1, 0.15) is 11.6 Å². The standard InChI is InChI=1S/C27H27F4N5O4/c1-15(20-12-34-36(23(20)35-16(2)32)19-7-5-6-17(10-19)24(37)38)33-14-26(27(29,30)31)13-25(3,40-26)21-11-18(28)8-9-22(21)39-4/h5-12,33H,1,13-14H2,2-4H3,(H2,32,35)(H,37,38). The molecule has 0 bridgehead atoms. The number of nitrogens with two attached hydrogens (primary N) is 1. The van der Waals surface area contributed by atoms with Crippen LogP contribution in [0.2, 0.25) is 0 Å². The first-order chi connectivity index (χ1) is 18.7. The minimum Gasteiger partial charge on any atom is -0.496 e. The number of amidine groups is 1. The van der Waals surface area contributed by atoms with Gasteiger partial charge in [0.2, 0.25) is 0 Å². The quantitative estimate of drug-likeness (QED) is 0.192. The van der Waals surface area contributed by atoms with Gasteiger partial charge in [-0.25, -0.2) is 18.9 Å². The van der Waals surface area contributed by atoms with Gasteiger partial charge in [-0.1, -0.05) is 12.6 Å². The summed E-state index contributed by atoms with van der Waals surface area (Å²) in [5, 5.41) is 16.2. The second-order valence-corrected chi connectivity index (χ2v) is 9.58. The van der Waals surface area contributed by atoms with E-state index in [1.807, 2.05) is 0 Å². The van der Waals surface area contributed by atoms with Crippen LogP contribution in [0.4, 0.5) is 23.4 Å². The number of carboxylic acids is 1. The van der Waals surface area contributed by atoms with Gasteiger partial charge in [0.15, 0.2) is 11.4 Å². The maximum Gasteiger partial charge on any atom is 0.419 e. The van der Waals surface area contributed by atoms with Crippen molar-refractivity contribution in [1.82, 2.24) is 15.1 Å². The molecule has 13 heteroatoms. The molecule has 0 aliphatic carbocycles. The third-order valence-electron chi connectivity index (χ3n) is 6.57. The smallest absolute Gasteiger partial charge is 0.419 e. The lowest BCUT2D eigenvalue weighted by Gasteiger charge is -2.55. The summed E-state index contributed by atoms with van der Waals surface area (Å²) in [6, 6.07) is 9.44. The Kier molecular flexibility index (Phi) is 7.37. The Labute approximate surface area is 226 Å². The predicted molar refractivity (Wildman–Crippen MR) is 139 cm³/mol. The van der Waals surface area contributed by atoms with Gasteiger partial charge in [0.05, 0.1) is 48.1 Å². The van der Waals surface area contributed by atoms with Crippen LogP contribution < -0.4 is 15.8 Å². The van der Waals surface area contributed by atoms with Crippen LogP contribution in [0, 0.1) is 5.82 Å². The van der Waals surface area contributed by atoms with Crippen LogP contribution in [0.5, 0.6) is 5.75 Å². The summed E-state index contributed by atoms with van der Waals surface area (Å²) >= 11 is 0. The zero-order chi connectivity index (χ0) is 29.5. The van der Waals surface area contributed by atoms with Crippen molar-refractivity contribution in [2.24, 2.45) is 10.7 Å². The van der Waals surface area contributed by atoms with Crippen LogP contribution in [0.3, 0.4) is 0 Å². The third kappa shape index (κ3) is 5.24. The van der Waals surface area contributed by atoms with Crippen LogP contribution in [0.1, 0.15) is 41.8 Å². The molecule has 3 aromatic rings. The normalized spacial score (nSPS) is 21.0. The van der Waals surface area contributed by atoms with Crippen molar-refractivity contribution in [3.8, 4) is 11.4 Å². The molecule has 212 valence electrons. The Bertz CT molecular complexity index is 1490. The molecule has 1 aromatic heterocycles. The number of aromatic carboxylic acids is 1. The fourth-order valence-corrected chi connectivity index (χ4v) is 4.70. The minimum atomic E-state index is -4.78. The van der Waals surface area contributed by atoms with Gasteiger partial charge in [-0.2, -0.15) is 18.3 Å². The van der Waals surface area contributed by atoms with Crippen molar-refractivity contribution >= 4 is 23.3 Å². The van der Waals surface area contributed by atoms with Gasteiger partial charge in [-0.15, -0.1) is 0 Å². The number of aliphatic imine (C=N–C) groups is 1. The number of benzene rings is 2. The van der Waals surface area contributed by atoms with Gasteiger partial charge in [0.25, 0.3) is 0 Å². The number of halogens is 4. The number of nitrogens with zero attached hydrogens (tertiary/aromatic N) is 3. The topological polar surface area (TPSA) is 124 Å². The van der Waals surface area contributed by atoms with Crippen molar-refractivity contribution < 1.29 is 36.9 Å². The first-order valence-electron chi connectivity index (χ1n) is 12.0. The van der Waals surface area contributed by atoms with E-state index in [9.17, 15) is 27.5 Å². The highest BCUT2D eigenvalue weighted by atomic mass is 19.4. The molecule has 0 spiro atoms. The SMILES string of the molecule is C=C(NCC1(C(F)(F)F)CC(C)(c2cc(F)ccc2OC)O1)c1cnn(-c2cccc(C(=O)O)c2)c1/N=C(/C)N. The summed E-state index contributed by atoms with van der Waals surface area (Å²) in [7, 11) is 1.34. The van der Waals surface area contributed by atoms with E-state index in [-0.39, 0.29) is 39.8 Å². The van der Waals surface area contributed by atoms with Crippen LogP contribution >= 0.6 is 0 Å². The monoisotopic (exact) mass is 561 g/mol. The van der Waals surface area contributed by atoms with E-state index in [1.54, 1.807) is 6.07 Å². The molecule has 0 radical (unpaired) electrons. The van der Waals surface area contributed by atoms with E-state index in [0.29, 0.717) is 5.69 Å². The Morgan fingerprint density at radius 2 is 2.02 bits per heavy atom. The number of methoxy groups -OCH3 is 1. The molecule has 4 N–H and O–H groups in total. The maximum absolute atomic E-state index is 14.3. The Morgan fingerprint density at radius 1 is 1.32 bits per heavy atom. The molecule has 4 rings (SSSR count). The molecule has 1 aliphatic rings. The first kappa shape index (κ1) is 28.6. The van der Waals surface area contributed by atoms with Gasteiger partial charge < -0.3 is 25.6 Å². The van der Waals surface area contributed by atoms with Crippen molar-refractivity contribution in [3.63, 3.8) is 0 Å². The lowest BCUT2D eigenvalue weighted by molar-refractivity contribution is -0.382. The van der Waals surface area contributed by atoms with Crippen molar-refractivity contribution in [2.75, 3.05) is 13.7 Å². The predicted octanol–water partition coefficient (Wildman–Crippen LogP) is 4.92. The lowest BCUT2D eigenvalue weighted by atomic mass is 9.75. The summed E-state index contributed by atoms with van der Waals surface area (Å²) in [4.78, 5) is 15.7. The van der Waals surface area contributed by atoms with Gasteiger partial charge >= 0.3 is 12.1 Å². The highest BCUT2D eigenvalue weighted by Crippen LogP contribution is 2.57. The molecule has 1 fully saturated rings. The molecular weight excluding hydrogens is 534 g/mol. The average molecular weight is 562 g/mol. The van der Waals surface area contributed by atoms with Crippen molar-refractivity contribution in [1.29, 1.82) is 0 Å². The van der Waals surface area contributed by atoms with Gasteiger partial charge in [0, 0.05) is 17.7 Å². The van der Waals surface area contributed by atoms with E-state index in [4.69, 9.17) is 15.2 Å². The molecule has 2 aromatic carbocycles. The molecule has 2 atom stereocenters. The van der Waals surface area contributed by atoms with Crippen LogP contribution in [-0.2, 0) is 10.3 Å². The number of hydrogen-bond donors (Lipinski definition) is 3. The maximum atomic E-state index is 14.3. The summed E-state index contributed by atoms with van der Waals surface area (Å²) in [6.45, 7) is 6.09. The first-order valence-corrected chi connectivity index (χ1v) is 12.0. The van der Waals surface area contributed by atoms with Gasteiger partial charge in [-0.3, -0.25) is 0 Å².